The van der Waals surface area contributed by atoms with Crippen LogP contribution in [0.2, 0.25) is 0 Å². The predicted molar refractivity (Wildman–Crippen MR) is 19.2 cm³/mol. The van der Waals surface area contributed by atoms with Gasteiger partial charge in [0.2, 0.25) is 0 Å². The van der Waals surface area contributed by atoms with Crippen LogP contribution in [0.15, 0.2) is 0 Å². The van der Waals surface area contributed by atoms with Crippen molar-refractivity contribution >= 4 is 0 Å². The van der Waals surface area contributed by atoms with Crippen molar-refractivity contribution in [2.75, 3.05) is 0 Å². The summed E-state index contributed by atoms with van der Waals surface area (Å²) in [6.07, 6.45) is 0. The second-order valence-electron chi connectivity index (χ2n) is 0. The van der Waals surface area contributed by atoms with Gasteiger partial charge in [-0.25, -0.2) is 0 Å². The van der Waals surface area contributed by atoms with Crippen LogP contribution < -0.4 is 0 Å². The van der Waals surface area contributed by atoms with Gasteiger partial charge in [0.25, 0.3) is 0 Å². The van der Waals surface area contributed by atoms with E-state index in [0.29, 0.717) is 0 Å². The van der Waals surface area contributed by atoms with Gasteiger partial charge in [0.05, 0.1) is 0 Å². The standard InChI is InChI=1S/3CH3.Re/h3*1H3;/q3*-1;. The van der Waals surface area contributed by atoms with E-state index in [1.807, 2.05) is 0 Å². The molecule has 0 saturated carbocycles. The molecule has 0 aliphatic rings. The summed E-state index contributed by atoms with van der Waals surface area (Å²) in [5.41, 5.74) is 0. The zero-order valence-electron chi connectivity index (χ0n) is 3.38. The normalized spacial score (nSPS) is 0. The van der Waals surface area contributed by atoms with Gasteiger partial charge in [-0.3, -0.25) is 0 Å². The topological polar surface area (TPSA) is 0 Å². The molecule has 0 rings (SSSR count). The number of hydrogen-bond acceptors (Lipinski definition) is 0. The summed E-state index contributed by atoms with van der Waals surface area (Å²) >= 11 is 0. The Morgan fingerprint density at radius 1 is 0.500 bits per heavy atom. The fraction of sp³-hybridized carbons (Fsp3) is 0. The van der Waals surface area contributed by atoms with Crippen molar-refractivity contribution in [2.24, 2.45) is 0 Å². The second-order valence-corrected chi connectivity index (χ2v) is 0. The summed E-state index contributed by atoms with van der Waals surface area (Å²) in [4.78, 5) is 0. The maximum absolute atomic E-state index is 0. The summed E-state index contributed by atoms with van der Waals surface area (Å²) in [5, 5.41) is 0. The Labute approximate surface area is 43.3 Å². The predicted octanol–water partition coefficient (Wildman–Crippen LogP) is 1.35. The van der Waals surface area contributed by atoms with Crippen LogP contribution in [-0.4, -0.2) is 0 Å². The van der Waals surface area contributed by atoms with Crippen LogP contribution in [0.3, 0.4) is 0 Å². The van der Waals surface area contributed by atoms with Gasteiger partial charge in [0.15, 0.2) is 0 Å². The van der Waals surface area contributed by atoms with E-state index >= 15 is 0 Å². The molecule has 0 aromatic heterocycles. The third-order valence-corrected chi connectivity index (χ3v) is 0. The third-order valence-electron chi connectivity index (χ3n) is 0. The quantitative estimate of drug-likeness (QED) is 0.552. The molecule has 0 nitrogen and oxygen atoms in total. The van der Waals surface area contributed by atoms with Crippen LogP contribution in [-0.2, 0) is 20.4 Å². The fourth-order valence-electron chi connectivity index (χ4n) is 0. The Morgan fingerprint density at radius 2 is 0.500 bits per heavy atom. The molecular weight excluding hydrogens is 222 g/mol. The molecule has 0 bridgehead atoms. The molecular formula is C3H9Re-3. The molecule has 31 valence electrons. The molecule has 0 N–H and O–H groups in total. The Bertz CT molecular complexity index is 3.25. The maximum atomic E-state index is 0. The molecule has 0 aromatic carbocycles. The zero-order valence-corrected chi connectivity index (χ0v) is 6.09. The van der Waals surface area contributed by atoms with Gasteiger partial charge < -0.3 is 22.3 Å². The van der Waals surface area contributed by atoms with Crippen molar-refractivity contribution in [3.8, 4) is 0 Å². The first-order chi connectivity index (χ1) is 0. The fourth-order valence-corrected chi connectivity index (χ4v) is 0. The second kappa shape index (κ2) is 59.2. The molecule has 0 spiro atoms. The van der Waals surface area contributed by atoms with Crippen molar-refractivity contribution in [3.63, 3.8) is 0 Å². The van der Waals surface area contributed by atoms with Gasteiger partial charge in [-0.1, -0.05) is 0 Å². The Morgan fingerprint density at radius 3 is 0.500 bits per heavy atom. The average molecular weight is 231 g/mol. The Balaban J connectivity index is 0. The molecule has 1 heteroatoms. The summed E-state index contributed by atoms with van der Waals surface area (Å²) in [6.45, 7) is 0. The first kappa shape index (κ1) is 143. The van der Waals surface area contributed by atoms with Gasteiger partial charge in [-0.15, -0.1) is 0 Å². The Kier molecular flexibility index (Phi) is 2110. The van der Waals surface area contributed by atoms with Crippen LogP contribution >= 0.6 is 0 Å². The van der Waals surface area contributed by atoms with Crippen LogP contribution in [0.1, 0.15) is 0 Å². The largest absolute Gasteiger partial charge is 0.358 e. The minimum atomic E-state index is 0. The molecule has 0 heterocycles. The van der Waals surface area contributed by atoms with Gasteiger partial charge in [0, 0.05) is 20.4 Å². The van der Waals surface area contributed by atoms with Crippen molar-refractivity contribution in [3.05, 3.63) is 22.3 Å². The molecule has 0 aliphatic carbocycles. The SMILES string of the molecule is [CH3-].[CH3-].[CH3-].[Re]. The van der Waals surface area contributed by atoms with Crippen LogP contribution in [0, 0.1) is 22.3 Å². The smallest absolute Gasteiger partial charge is 0 e. The van der Waals surface area contributed by atoms with E-state index in [9.17, 15) is 0 Å². The zero-order chi connectivity index (χ0) is 0. The summed E-state index contributed by atoms with van der Waals surface area (Å²) in [7, 11) is 0. The van der Waals surface area contributed by atoms with E-state index in [2.05, 4.69) is 0 Å². The van der Waals surface area contributed by atoms with E-state index in [1.165, 1.54) is 0 Å². The maximum Gasteiger partial charge on any atom is 0 e. The van der Waals surface area contributed by atoms with E-state index in [-0.39, 0.29) is 42.7 Å². The molecule has 1 radical (unpaired) electrons. The molecule has 0 aromatic rings. The summed E-state index contributed by atoms with van der Waals surface area (Å²) in [5.74, 6) is 0. The van der Waals surface area contributed by atoms with Crippen LogP contribution in [0.4, 0.5) is 0 Å². The van der Waals surface area contributed by atoms with Crippen LogP contribution in [0.5, 0.6) is 0 Å². The van der Waals surface area contributed by atoms with Crippen molar-refractivity contribution in [1.29, 1.82) is 0 Å². The first-order valence-electron chi connectivity index (χ1n) is 0. The van der Waals surface area contributed by atoms with Crippen molar-refractivity contribution < 1.29 is 20.4 Å². The van der Waals surface area contributed by atoms with Gasteiger partial charge in [-0.2, -0.15) is 0 Å². The monoisotopic (exact) mass is 232 g/mol. The van der Waals surface area contributed by atoms with Crippen molar-refractivity contribution in [2.45, 2.75) is 0 Å². The minimum Gasteiger partial charge on any atom is -0.358 e. The minimum absolute atomic E-state index is 0. The molecule has 4 heavy (non-hydrogen) atoms. The Hall–Kier alpha value is 0.662. The first-order valence-corrected chi connectivity index (χ1v) is 0. The number of hydrogen-bond donors (Lipinski definition) is 0. The number of rotatable bonds is 0. The van der Waals surface area contributed by atoms with Crippen molar-refractivity contribution in [1.82, 2.24) is 0 Å². The van der Waals surface area contributed by atoms with Gasteiger partial charge in [-0.05, 0) is 0 Å². The van der Waals surface area contributed by atoms with Gasteiger partial charge in [0.1, 0.15) is 0 Å². The van der Waals surface area contributed by atoms with E-state index in [4.69, 9.17) is 0 Å². The summed E-state index contributed by atoms with van der Waals surface area (Å²) < 4.78 is 0. The molecule has 0 saturated heterocycles. The van der Waals surface area contributed by atoms with Crippen LogP contribution in [0.25, 0.3) is 0 Å². The van der Waals surface area contributed by atoms with E-state index in [1.54, 1.807) is 0 Å². The van der Waals surface area contributed by atoms with E-state index in [0.717, 1.165) is 0 Å². The molecule has 0 fully saturated rings. The molecule has 0 aliphatic heterocycles. The molecule has 0 unspecified atom stereocenters. The molecule has 0 amide bonds. The average Bonchev–Trinajstić information content (AvgIpc) is 0. The third kappa shape index (κ3) is 16.8. The van der Waals surface area contributed by atoms with Gasteiger partial charge >= 0.3 is 0 Å². The van der Waals surface area contributed by atoms with E-state index < -0.39 is 0 Å². The summed E-state index contributed by atoms with van der Waals surface area (Å²) in [6, 6.07) is 0. The molecule has 0 atom stereocenters.